The molecule has 1 saturated heterocycles. The molecule has 0 radical (unpaired) electrons. The minimum Gasteiger partial charge on any atom is -0.382 e. The number of nitrogens with zero attached hydrogens (tertiary/aromatic N) is 1. The monoisotopic (exact) mass is 303 g/mol. The van der Waals surface area contributed by atoms with Crippen LogP contribution < -0.4 is 11.1 Å². The molecule has 122 valence electrons. The van der Waals surface area contributed by atoms with Gasteiger partial charge in [0.05, 0.1) is 5.92 Å². The normalized spacial score (nSPS) is 20.8. The molecule has 0 saturated carbocycles. The maximum absolute atomic E-state index is 11.4. The summed E-state index contributed by atoms with van der Waals surface area (Å²) in [5.74, 6) is 0.426. The number of likely N-dealkylation sites (tertiary alicyclic amines) is 1. The predicted molar refractivity (Wildman–Crippen MR) is 91.6 cm³/mol. The molecule has 4 heteroatoms. The molecule has 1 aromatic rings. The summed E-state index contributed by atoms with van der Waals surface area (Å²) in [5, 5.41) is 3.62. The van der Waals surface area contributed by atoms with Gasteiger partial charge in [-0.1, -0.05) is 32.0 Å². The molecule has 2 atom stereocenters. The molecule has 1 amide bonds. The summed E-state index contributed by atoms with van der Waals surface area (Å²) in [6, 6.07) is 8.89. The highest BCUT2D eigenvalue weighted by Crippen LogP contribution is 2.23. The third kappa shape index (κ3) is 4.47. The quantitative estimate of drug-likeness (QED) is 0.849. The second-order valence-electron chi connectivity index (χ2n) is 6.81. The van der Waals surface area contributed by atoms with Crippen LogP contribution in [0.1, 0.15) is 39.2 Å². The second kappa shape index (κ2) is 7.63. The number of hydrogen-bond acceptors (Lipinski definition) is 3. The molecule has 1 heterocycles. The summed E-state index contributed by atoms with van der Waals surface area (Å²) in [6.45, 7) is 9.36. The second-order valence-corrected chi connectivity index (χ2v) is 6.81. The third-order valence-corrected chi connectivity index (χ3v) is 4.70. The Morgan fingerprint density at radius 3 is 2.77 bits per heavy atom. The standard InChI is InChI=1S/C18H29N3O/c1-13(2)14(3)20-17-9-5-4-7-15(17)11-21-10-6-8-16(12-21)18(19)22/h4-5,7,9,13-14,16,20H,6,8,10-12H2,1-3H3,(H2,19,22)/t14-,16+/m0/s1. The lowest BCUT2D eigenvalue weighted by Crippen LogP contribution is -2.40. The Kier molecular flexibility index (Phi) is 5.83. The van der Waals surface area contributed by atoms with E-state index in [0.29, 0.717) is 12.0 Å². The molecule has 3 N–H and O–H groups in total. The summed E-state index contributed by atoms with van der Waals surface area (Å²) in [7, 11) is 0. The van der Waals surface area contributed by atoms with Gasteiger partial charge in [-0.05, 0) is 43.9 Å². The van der Waals surface area contributed by atoms with Gasteiger partial charge in [0.25, 0.3) is 0 Å². The molecule has 0 aromatic heterocycles. The van der Waals surface area contributed by atoms with E-state index in [2.05, 4.69) is 55.3 Å². The molecular weight excluding hydrogens is 274 g/mol. The topological polar surface area (TPSA) is 58.4 Å². The zero-order valence-corrected chi connectivity index (χ0v) is 14.0. The first-order valence-corrected chi connectivity index (χ1v) is 8.33. The van der Waals surface area contributed by atoms with Crippen molar-refractivity contribution >= 4 is 11.6 Å². The van der Waals surface area contributed by atoms with Crippen LogP contribution >= 0.6 is 0 Å². The number of amides is 1. The van der Waals surface area contributed by atoms with E-state index in [-0.39, 0.29) is 11.8 Å². The summed E-state index contributed by atoms with van der Waals surface area (Å²) in [4.78, 5) is 13.8. The Balaban J connectivity index is 2.04. The summed E-state index contributed by atoms with van der Waals surface area (Å²) in [5.41, 5.74) is 7.96. The Morgan fingerprint density at radius 1 is 1.36 bits per heavy atom. The average Bonchev–Trinajstić information content (AvgIpc) is 2.49. The first-order valence-electron chi connectivity index (χ1n) is 8.33. The number of para-hydroxylation sites is 1. The van der Waals surface area contributed by atoms with Gasteiger partial charge in [-0.25, -0.2) is 0 Å². The lowest BCUT2D eigenvalue weighted by atomic mass is 9.97. The van der Waals surface area contributed by atoms with Crippen LogP contribution in [0.4, 0.5) is 5.69 Å². The number of hydrogen-bond donors (Lipinski definition) is 2. The highest BCUT2D eigenvalue weighted by molar-refractivity contribution is 5.76. The van der Waals surface area contributed by atoms with E-state index in [4.69, 9.17) is 5.73 Å². The van der Waals surface area contributed by atoms with Crippen LogP contribution in [0.5, 0.6) is 0 Å². The summed E-state index contributed by atoms with van der Waals surface area (Å²) < 4.78 is 0. The van der Waals surface area contributed by atoms with Gasteiger partial charge < -0.3 is 11.1 Å². The number of benzene rings is 1. The van der Waals surface area contributed by atoms with Crippen LogP contribution in [0.25, 0.3) is 0 Å². The number of carbonyl (C=O) groups is 1. The van der Waals surface area contributed by atoms with E-state index in [1.54, 1.807) is 0 Å². The van der Waals surface area contributed by atoms with Gasteiger partial charge in [-0.2, -0.15) is 0 Å². The number of rotatable bonds is 6. The fourth-order valence-electron chi connectivity index (χ4n) is 2.88. The molecule has 4 nitrogen and oxygen atoms in total. The van der Waals surface area contributed by atoms with Crippen molar-refractivity contribution in [3.05, 3.63) is 29.8 Å². The van der Waals surface area contributed by atoms with Crippen molar-refractivity contribution in [1.29, 1.82) is 0 Å². The van der Waals surface area contributed by atoms with Gasteiger partial charge in [-0.3, -0.25) is 9.69 Å². The zero-order valence-electron chi connectivity index (χ0n) is 14.0. The van der Waals surface area contributed by atoms with Crippen molar-refractivity contribution in [2.75, 3.05) is 18.4 Å². The summed E-state index contributed by atoms with van der Waals surface area (Å²) >= 11 is 0. The van der Waals surface area contributed by atoms with Gasteiger partial charge in [0.1, 0.15) is 0 Å². The van der Waals surface area contributed by atoms with Crippen LogP contribution in [0.15, 0.2) is 24.3 Å². The average molecular weight is 303 g/mol. The minimum atomic E-state index is -0.162. The lowest BCUT2D eigenvalue weighted by Gasteiger charge is -2.32. The van der Waals surface area contributed by atoms with Crippen molar-refractivity contribution in [2.45, 2.75) is 46.2 Å². The van der Waals surface area contributed by atoms with Gasteiger partial charge >= 0.3 is 0 Å². The molecular formula is C18H29N3O. The van der Waals surface area contributed by atoms with E-state index in [9.17, 15) is 4.79 Å². The number of nitrogens with one attached hydrogen (secondary N) is 1. The van der Waals surface area contributed by atoms with Crippen molar-refractivity contribution in [2.24, 2.45) is 17.6 Å². The number of primary amides is 1. The Morgan fingerprint density at radius 2 is 2.09 bits per heavy atom. The van der Waals surface area contributed by atoms with Crippen LogP contribution in [0.3, 0.4) is 0 Å². The van der Waals surface area contributed by atoms with E-state index in [0.717, 1.165) is 32.5 Å². The predicted octanol–water partition coefficient (Wildman–Crippen LogP) is 2.84. The van der Waals surface area contributed by atoms with Gasteiger partial charge in [0, 0.05) is 24.8 Å². The first kappa shape index (κ1) is 16.8. The smallest absolute Gasteiger partial charge is 0.221 e. The van der Waals surface area contributed by atoms with Crippen molar-refractivity contribution in [1.82, 2.24) is 4.90 Å². The Bertz CT molecular complexity index is 501. The van der Waals surface area contributed by atoms with E-state index >= 15 is 0 Å². The van der Waals surface area contributed by atoms with Crippen LogP contribution in [-0.4, -0.2) is 29.9 Å². The molecule has 1 aromatic carbocycles. The molecule has 1 aliphatic rings. The number of nitrogens with two attached hydrogens (primary N) is 1. The van der Waals surface area contributed by atoms with Gasteiger partial charge in [0.2, 0.25) is 5.91 Å². The Hall–Kier alpha value is -1.55. The van der Waals surface area contributed by atoms with Gasteiger partial charge in [0.15, 0.2) is 0 Å². The fourth-order valence-corrected chi connectivity index (χ4v) is 2.88. The van der Waals surface area contributed by atoms with Gasteiger partial charge in [-0.15, -0.1) is 0 Å². The van der Waals surface area contributed by atoms with Crippen molar-refractivity contribution < 1.29 is 4.79 Å². The molecule has 0 aliphatic carbocycles. The largest absolute Gasteiger partial charge is 0.382 e. The first-order chi connectivity index (χ1) is 10.5. The SMILES string of the molecule is CC(C)[C@H](C)Nc1ccccc1CN1CCC[C@@H](C(N)=O)C1. The highest BCUT2D eigenvalue weighted by atomic mass is 16.1. The number of carbonyl (C=O) groups excluding carboxylic acids is 1. The fraction of sp³-hybridized carbons (Fsp3) is 0.611. The Labute approximate surface area is 134 Å². The summed E-state index contributed by atoms with van der Waals surface area (Å²) in [6.07, 6.45) is 1.97. The minimum absolute atomic E-state index is 0.00320. The maximum atomic E-state index is 11.4. The van der Waals surface area contributed by atoms with Crippen LogP contribution in [0.2, 0.25) is 0 Å². The van der Waals surface area contributed by atoms with Crippen LogP contribution in [-0.2, 0) is 11.3 Å². The van der Waals surface area contributed by atoms with Crippen molar-refractivity contribution in [3.63, 3.8) is 0 Å². The number of anilines is 1. The van der Waals surface area contributed by atoms with E-state index < -0.39 is 0 Å². The van der Waals surface area contributed by atoms with Crippen LogP contribution in [0, 0.1) is 11.8 Å². The number of piperidine rings is 1. The molecule has 0 spiro atoms. The maximum Gasteiger partial charge on any atom is 0.221 e. The third-order valence-electron chi connectivity index (χ3n) is 4.70. The van der Waals surface area contributed by atoms with Crippen molar-refractivity contribution in [3.8, 4) is 0 Å². The van der Waals surface area contributed by atoms with E-state index in [1.165, 1.54) is 11.3 Å². The molecule has 0 bridgehead atoms. The highest BCUT2D eigenvalue weighted by Gasteiger charge is 2.24. The molecule has 0 unspecified atom stereocenters. The molecule has 1 aliphatic heterocycles. The molecule has 1 fully saturated rings. The zero-order chi connectivity index (χ0) is 16.1. The molecule has 22 heavy (non-hydrogen) atoms. The lowest BCUT2D eigenvalue weighted by molar-refractivity contribution is -0.123. The molecule has 2 rings (SSSR count). The van der Waals surface area contributed by atoms with E-state index in [1.807, 2.05) is 0 Å².